The van der Waals surface area contributed by atoms with Gasteiger partial charge in [-0.15, -0.1) is 4.40 Å². The van der Waals surface area contributed by atoms with Gasteiger partial charge in [0.05, 0.1) is 5.69 Å². The number of ketones is 1. The summed E-state index contributed by atoms with van der Waals surface area (Å²) in [7, 11) is -3.70. The topological polar surface area (TPSA) is 99.2 Å². The number of amides is 1. The van der Waals surface area contributed by atoms with Crippen LogP contribution in [-0.4, -0.2) is 57.0 Å². The van der Waals surface area contributed by atoms with Crippen molar-refractivity contribution in [3.05, 3.63) is 54.1 Å². The summed E-state index contributed by atoms with van der Waals surface area (Å²) in [5, 5.41) is 3.06. The predicted octanol–water partition coefficient (Wildman–Crippen LogP) is 2.92. The maximum atomic E-state index is 12.6. The van der Waals surface area contributed by atoms with Gasteiger partial charge in [0.2, 0.25) is 5.91 Å². The summed E-state index contributed by atoms with van der Waals surface area (Å²) in [5.74, 6) is 0.481. The molecule has 1 fully saturated rings. The molecule has 1 amide bonds. The van der Waals surface area contributed by atoms with Crippen LogP contribution in [0.1, 0.15) is 36.5 Å². The molecule has 0 unspecified atom stereocenters. The predicted molar refractivity (Wildman–Crippen MR) is 124 cm³/mol. The number of benzene rings is 2. The van der Waals surface area contributed by atoms with E-state index in [1.165, 1.54) is 6.07 Å². The van der Waals surface area contributed by atoms with Crippen LogP contribution in [0, 0.1) is 0 Å². The van der Waals surface area contributed by atoms with E-state index in [-0.39, 0.29) is 16.6 Å². The minimum atomic E-state index is -3.70. The van der Waals surface area contributed by atoms with Gasteiger partial charge in [0.25, 0.3) is 10.0 Å². The molecule has 4 rings (SSSR count). The fourth-order valence-corrected chi connectivity index (χ4v) is 5.13. The number of sulfonamides is 1. The van der Waals surface area contributed by atoms with E-state index in [1.54, 1.807) is 25.1 Å². The van der Waals surface area contributed by atoms with Crippen LogP contribution >= 0.6 is 0 Å². The molecule has 0 bridgehead atoms. The second-order valence-electron chi connectivity index (χ2n) is 7.96. The molecule has 0 saturated carbocycles. The fourth-order valence-electron chi connectivity index (χ4n) is 3.96. The molecule has 168 valence electrons. The average Bonchev–Trinajstić information content (AvgIpc) is 2.79. The van der Waals surface area contributed by atoms with Crippen molar-refractivity contribution in [2.75, 3.05) is 36.4 Å². The lowest BCUT2D eigenvalue weighted by atomic mass is 10.1. The van der Waals surface area contributed by atoms with E-state index < -0.39 is 10.0 Å². The summed E-state index contributed by atoms with van der Waals surface area (Å²) in [6.45, 7) is 4.28. The molecule has 0 aromatic heterocycles. The van der Waals surface area contributed by atoms with Crippen molar-refractivity contribution in [2.45, 2.75) is 31.1 Å². The van der Waals surface area contributed by atoms with Crippen molar-refractivity contribution in [2.24, 2.45) is 4.40 Å². The summed E-state index contributed by atoms with van der Waals surface area (Å²) < 4.78 is 28.5. The molecule has 32 heavy (non-hydrogen) atoms. The van der Waals surface area contributed by atoms with Crippen molar-refractivity contribution in [3.8, 4) is 0 Å². The quantitative estimate of drug-likeness (QED) is 0.674. The second-order valence-corrected chi connectivity index (χ2v) is 9.53. The van der Waals surface area contributed by atoms with Crippen LogP contribution in [0.2, 0.25) is 0 Å². The summed E-state index contributed by atoms with van der Waals surface area (Å²) in [5.41, 5.74) is 2.26. The van der Waals surface area contributed by atoms with E-state index in [1.807, 2.05) is 29.2 Å². The second kappa shape index (κ2) is 9.12. The largest absolute Gasteiger partial charge is 0.368 e. The van der Waals surface area contributed by atoms with Gasteiger partial charge in [-0.05, 0) is 49.7 Å². The maximum Gasteiger partial charge on any atom is 0.286 e. The Hall–Kier alpha value is -3.20. The number of para-hydroxylation sites is 1. The number of nitrogens with one attached hydrogen (secondary N) is 1. The zero-order valence-electron chi connectivity index (χ0n) is 18.0. The molecule has 2 aliphatic rings. The third kappa shape index (κ3) is 4.83. The molecule has 0 spiro atoms. The van der Waals surface area contributed by atoms with Crippen molar-refractivity contribution < 1.29 is 18.0 Å². The highest BCUT2D eigenvalue weighted by atomic mass is 32.2. The lowest BCUT2D eigenvalue weighted by molar-refractivity contribution is -0.131. The van der Waals surface area contributed by atoms with E-state index in [4.69, 9.17) is 0 Å². The summed E-state index contributed by atoms with van der Waals surface area (Å²) in [6, 6.07) is 14.2. The van der Waals surface area contributed by atoms with Crippen molar-refractivity contribution in [3.63, 3.8) is 0 Å². The van der Waals surface area contributed by atoms with Crippen molar-refractivity contribution >= 4 is 38.9 Å². The van der Waals surface area contributed by atoms with Crippen molar-refractivity contribution in [1.82, 2.24) is 4.90 Å². The third-order valence-electron chi connectivity index (χ3n) is 5.75. The zero-order chi connectivity index (χ0) is 22.7. The highest BCUT2D eigenvalue weighted by Crippen LogP contribution is 2.27. The van der Waals surface area contributed by atoms with Gasteiger partial charge in [-0.25, -0.2) is 0 Å². The van der Waals surface area contributed by atoms with E-state index in [0.29, 0.717) is 49.4 Å². The van der Waals surface area contributed by atoms with E-state index in [2.05, 4.69) is 14.6 Å². The van der Waals surface area contributed by atoms with Gasteiger partial charge in [0, 0.05) is 50.3 Å². The maximum absolute atomic E-state index is 12.6. The molecule has 0 atom stereocenters. The number of piperazine rings is 1. The average molecular weight is 455 g/mol. The molecule has 9 heteroatoms. The Bertz CT molecular complexity index is 1150. The Morgan fingerprint density at radius 2 is 1.69 bits per heavy atom. The van der Waals surface area contributed by atoms with Gasteiger partial charge in [-0.1, -0.05) is 12.1 Å². The number of hydrogen-bond acceptors (Lipinski definition) is 6. The Balaban J connectivity index is 1.25. The Morgan fingerprint density at radius 1 is 1.00 bits per heavy atom. The number of Topliss-reactive ketones (excluding diaryl/α,β-unsaturated/α-hetero) is 1. The summed E-state index contributed by atoms with van der Waals surface area (Å²) in [4.78, 5) is 28.3. The molecule has 2 aromatic rings. The van der Waals surface area contributed by atoms with Crippen LogP contribution in [0.4, 0.5) is 11.4 Å². The van der Waals surface area contributed by atoms with Crippen LogP contribution in [0.5, 0.6) is 0 Å². The highest BCUT2D eigenvalue weighted by molar-refractivity contribution is 7.90. The van der Waals surface area contributed by atoms with Gasteiger partial charge < -0.3 is 15.1 Å². The Morgan fingerprint density at radius 3 is 2.38 bits per heavy atom. The molecule has 2 aromatic carbocycles. The number of anilines is 2. The molecule has 0 aliphatic carbocycles. The number of rotatable bonds is 6. The first kappa shape index (κ1) is 22.0. The van der Waals surface area contributed by atoms with Gasteiger partial charge in [-0.3, -0.25) is 9.59 Å². The smallest absolute Gasteiger partial charge is 0.286 e. The van der Waals surface area contributed by atoms with Gasteiger partial charge in [0.15, 0.2) is 5.78 Å². The molecule has 1 saturated heterocycles. The Kier molecular flexibility index (Phi) is 6.27. The normalized spacial score (nSPS) is 17.2. The van der Waals surface area contributed by atoms with Crippen LogP contribution in [-0.2, 0) is 14.8 Å². The zero-order valence-corrected chi connectivity index (χ0v) is 18.8. The first-order chi connectivity index (χ1) is 15.3. The van der Waals surface area contributed by atoms with E-state index in [9.17, 15) is 18.0 Å². The lowest BCUT2D eigenvalue weighted by Crippen LogP contribution is -2.48. The molecular formula is C23H26N4O4S. The summed E-state index contributed by atoms with van der Waals surface area (Å²) in [6.07, 6.45) is 1.26. The molecule has 0 radical (unpaired) electrons. The SMILES string of the molecule is CC(=O)c1ccc(N2CCN(C(=O)CCCC3=NS(=O)(=O)c4ccccc4N3)CC2)cc1. The van der Waals surface area contributed by atoms with Crippen LogP contribution in [0.15, 0.2) is 57.8 Å². The molecule has 1 N–H and O–H groups in total. The fraction of sp³-hybridized carbons (Fsp3) is 0.348. The van der Waals surface area contributed by atoms with Gasteiger partial charge >= 0.3 is 0 Å². The van der Waals surface area contributed by atoms with Crippen LogP contribution in [0.3, 0.4) is 0 Å². The van der Waals surface area contributed by atoms with Crippen LogP contribution < -0.4 is 10.2 Å². The number of carbonyl (C=O) groups excluding carboxylic acids is 2. The minimum absolute atomic E-state index is 0.0446. The van der Waals surface area contributed by atoms with E-state index >= 15 is 0 Å². The lowest BCUT2D eigenvalue weighted by Gasteiger charge is -2.36. The number of fused-ring (bicyclic) bond motifs is 1. The standard InChI is InChI=1S/C23H26N4O4S/c1-17(28)18-9-11-19(12-10-18)26-13-15-27(16-14-26)23(29)8-4-7-22-24-20-5-2-3-6-21(20)32(30,31)25-22/h2-3,5-6,9-12H,4,7-8,13-16H2,1H3,(H,24,25). The Labute approximate surface area is 188 Å². The summed E-state index contributed by atoms with van der Waals surface area (Å²) >= 11 is 0. The first-order valence-electron chi connectivity index (χ1n) is 10.7. The van der Waals surface area contributed by atoms with Gasteiger partial charge in [0.1, 0.15) is 10.7 Å². The number of amidine groups is 1. The van der Waals surface area contributed by atoms with Crippen molar-refractivity contribution in [1.29, 1.82) is 0 Å². The molecule has 8 nitrogen and oxygen atoms in total. The van der Waals surface area contributed by atoms with Crippen LogP contribution in [0.25, 0.3) is 0 Å². The minimum Gasteiger partial charge on any atom is -0.368 e. The number of carbonyl (C=O) groups is 2. The highest BCUT2D eigenvalue weighted by Gasteiger charge is 2.25. The first-order valence-corrected chi connectivity index (χ1v) is 12.1. The van der Waals surface area contributed by atoms with Gasteiger partial charge in [-0.2, -0.15) is 8.42 Å². The number of nitrogens with zero attached hydrogens (tertiary/aromatic N) is 3. The third-order valence-corrected chi connectivity index (χ3v) is 7.12. The molecule has 2 heterocycles. The number of hydrogen-bond donors (Lipinski definition) is 1. The molecule has 2 aliphatic heterocycles. The molecular weight excluding hydrogens is 428 g/mol. The monoisotopic (exact) mass is 454 g/mol. The van der Waals surface area contributed by atoms with E-state index in [0.717, 1.165) is 18.8 Å².